The van der Waals surface area contributed by atoms with Gasteiger partial charge < -0.3 is 9.47 Å². The van der Waals surface area contributed by atoms with E-state index in [4.69, 9.17) is 9.47 Å². The molecular weight excluding hydrogens is 332 g/mol. The minimum absolute atomic E-state index is 0.205. The fourth-order valence-electron chi connectivity index (χ4n) is 2.31. The van der Waals surface area contributed by atoms with E-state index in [-0.39, 0.29) is 6.10 Å². The number of rotatable bonds is 5. The van der Waals surface area contributed by atoms with Crippen LogP contribution in [0, 0.1) is 0 Å². The van der Waals surface area contributed by atoms with Gasteiger partial charge in [0.05, 0.1) is 5.56 Å². The molecule has 0 aliphatic carbocycles. The Morgan fingerprint density at radius 1 is 1.39 bits per heavy atom. The van der Waals surface area contributed by atoms with E-state index in [9.17, 15) is 9.59 Å². The van der Waals surface area contributed by atoms with Crippen LogP contribution in [0.3, 0.4) is 0 Å². The van der Waals surface area contributed by atoms with Crippen LogP contribution in [0.2, 0.25) is 0 Å². The van der Waals surface area contributed by atoms with Gasteiger partial charge in [-0.25, -0.2) is 9.59 Å². The van der Waals surface area contributed by atoms with Crippen molar-refractivity contribution in [1.82, 2.24) is 0 Å². The maximum Gasteiger partial charge on any atom is 0.347 e. The molecule has 0 spiro atoms. The number of esters is 2. The van der Waals surface area contributed by atoms with Gasteiger partial charge in [-0.1, -0.05) is 12.1 Å². The van der Waals surface area contributed by atoms with Crippen LogP contribution in [0.25, 0.3) is 0 Å². The van der Waals surface area contributed by atoms with E-state index in [0.717, 1.165) is 10.6 Å². The van der Waals surface area contributed by atoms with Gasteiger partial charge in [0.2, 0.25) is 6.10 Å². The maximum atomic E-state index is 12.4. The number of hydrogen-bond acceptors (Lipinski definition) is 6. The molecule has 2 aromatic rings. The van der Waals surface area contributed by atoms with E-state index in [1.54, 1.807) is 42.2 Å². The number of thioether (sulfide) groups is 1. The molecule has 1 aromatic carbocycles. The lowest BCUT2D eigenvalue weighted by atomic mass is 10.2. The molecule has 1 fully saturated rings. The van der Waals surface area contributed by atoms with E-state index < -0.39 is 18.0 Å². The summed E-state index contributed by atoms with van der Waals surface area (Å²) in [4.78, 5) is 24.9. The van der Waals surface area contributed by atoms with Gasteiger partial charge in [-0.15, -0.1) is 11.8 Å². The molecule has 2 heterocycles. The Balaban J connectivity index is 1.69. The molecule has 2 atom stereocenters. The van der Waals surface area contributed by atoms with Gasteiger partial charge in [-0.2, -0.15) is 11.3 Å². The molecule has 23 heavy (non-hydrogen) atoms. The summed E-state index contributed by atoms with van der Waals surface area (Å²) in [5, 5.41) is 4.12. The molecule has 0 N–H and O–H groups in total. The molecule has 0 bridgehead atoms. The van der Waals surface area contributed by atoms with Crippen molar-refractivity contribution in [3.63, 3.8) is 0 Å². The van der Waals surface area contributed by atoms with Gasteiger partial charge in [0.25, 0.3) is 0 Å². The quantitative estimate of drug-likeness (QED) is 0.606. The molecule has 1 aliphatic heterocycles. The average Bonchev–Trinajstić information content (AvgIpc) is 3.15. The Morgan fingerprint density at radius 3 is 2.91 bits per heavy atom. The van der Waals surface area contributed by atoms with Crippen molar-refractivity contribution in [2.24, 2.45) is 0 Å². The average molecular weight is 348 g/mol. The maximum absolute atomic E-state index is 12.4. The highest BCUT2D eigenvalue weighted by atomic mass is 32.2. The topological polar surface area (TPSA) is 52.6 Å². The molecule has 1 aliphatic rings. The van der Waals surface area contributed by atoms with Gasteiger partial charge in [0.1, 0.15) is 6.10 Å². The lowest BCUT2D eigenvalue weighted by Crippen LogP contribution is -2.23. The van der Waals surface area contributed by atoms with Crippen molar-refractivity contribution >= 4 is 35.0 Å². The van der Waals surface area contributed by atoms with Gasteiger partial charge >= 0.3 is 11.9 Å². The number of ether oxygens (including phenoxy) is 2. The van der Waals surface area contributed by atoms with E-state index >= 15 is 0 Å². The van der Waals surface area contributed by atoms with Gasteiger partial charge in [0.15, 0.2) is 0 Å². The van der Waals surface area contributed by atoms with Crippen molar-refractivity contribution in [3.05, 3.63) is 52.2 Å². The van der Waals surface area contributed by atoms with Crippen molar-refractivity contribution in [1.29, 1.82) is 0 Å². The molecule has 1 aromatic heterocycles. The molecule has 6 heteroatoms. The summed E-state index contributed by atoms with van der Waals surface area (Å²) in [7, 11) is 0. The first-order chi connectivity index (χ1) is 11.1. The summed E-state index contributed by atoms with van der Waals surface area (Å²) < 4.78 is 10.4. The van der Waals surface area contributed by atoms with Crippen LogP contribution in [0.15, 0.2) is 46.0 Å². The summed E-state index contributed by atoms with van der Waals surface area (Å²) in [5.74, 6) is -0.153. The number of hydrogen-bond donors (Lipinski definition) is 0. The van der Waals surface area contributed by atoms with Gasteiger partial charge in [-0.05, 0) is 41.4 Å². The fraction of sp³-hybridized carbons (Fsp3) is 0.294. The lowest BCUT2D eigenvalue weighted by Gasteiger charge is -2.11. The Bertz CT molecular complexity index is 696. The van der Waals surface area contributed by atoms with Crippen LogP contribution < -0.4 is 0 Å². The van der Waals surface area contributed by atoms with Crippen LogP contribution in [-0.4, -0.2) is 24.1 Å². The van der Waals surface area contributed by atoms with E-state index in [0.29, 0.717) is 12.0 Å². The Kier molecular flexibility index (Phi) is 5.03. The highest BCUT2D eigenvalue weighted by Gasteiger charge is 2.35. The molecule has 3 rings (SSSR count). The monoisotopic (exact) mass is 348 g/mol. The Hall–Kier alpha value is -1.79. The fourth-order valence-corrected chi connectivity index (χ4v) is 4.06. The Labute approximate surface area is 142 Å². The number of thiophene rings is 1. The largest absolute Gasteiger partial charge is 0.460 e. The third-order valence-corrected chi connectivity index (χ3v) is 5.33. The van der Waals surface area contributed by atoms with Crippen LogP contribution in [0.5, 0.6) is 0 Å². The second kappa shape index (κ2) is 7.19. The SMILES string of the molecule is C[C@H]1C[C@H](OC(=O)c2ccccc2SCc2ccsc2)C(=O)O1. The molecule has 1 saturated heterocycles. The second-order valence-electron chi connectivity index (χ2n) is 5.29. The second-order valence-corrected chi connectivity index (χ2v) is 7.09. The number of carbonyl (C=O) groups is 2. The van der Waals surface area contributed by atoms with E-state index in [2.05, 4.69) is 11.4 Å². The number of carbonyl (C=O) groups excluding carboxylic acids is 2. The van der Waals surface area contributed by atoms with Crippen LogP contribution in [-0.2, 0) is 20.0 Å². The summed E-state index contributed by atoms with van der Waals surface area (Å²) in [6, 6.07) is 9.36. The first kappa shape index (κ1) is 16.1. The van der Waals surface area contributed by atoms with Crippen LogP contribution >= 0.6 is 23.1 Å². The number of benzene rings is 1. The van der Waals surface area contributed by atoms with E-state index in [1.165, 1.54) is 5.56 Å². The third kappa shape index (κ3) is 3.95. The molecule has 0 radical (unpaired) electrons. The molecule has 0 amide bonds. The predicted octanol–water partition coefficient (Wildman–Crippen LogP) is 3.90. The molecular formula is C17H16O4S2. The summed E-state index contributed by atoms with van der Waals surface area (Å²) in [6.45, 7) is 1.79. The van der Waals surface area contributed by atoms with Crippen molar-refractivity contribution < 1.29 is 19.1 Å². The lowest BCUT2D eigenvalue weighted by molar-refractivity contribution is -0.147. The molecule has 0 unspecified atom stereocenters. The first-order valence-electron chi connectivity index (χ1n) is 7.28. The van der Waals surface area contributed by atoms with Gasteiger partial charge in [-0.3, -0.25) is 0 Å². The molecule has 0 saturated carbocycles. The zero-order valence-corrected chi connectivity index (χ0v) is 14.2. The van der Waals surface area contributed by atoms with Crippen molar-refractivity contribution in [2.45, 2.75) is 36.2 Å². The van der Waals surface area contributed by atoms with Crippen molar-refractivity contribution in [3.8, 4) is 0 Å². The van der Waals surface area contributed by atoms with Crippen LogP contribution in [0.1, 0.15) is 29.3 Å². The zero-order chi connectivity index (χ0) is 16.2. The summed E-state index contributed by atoms with van der Waals surface area (Å²) in [5.41, 5.74) is 1.71. The van der Waals surface area contributed by atoms with Crippen molar-refractivity contribution in [2.75, 3.05) is 0 Å². The predicted molar refractivity (Wildman–Crippen MR) is 89.7 cm³/mol. The van der Waals surface area contributed by atoms with Gasteiger partial charge in [0, 0.05) is 17.1 Å². The molecule has 4 nitrogen and oxygen atoms in total. The zero-order valence-electron chi connectivity index (χ0n) is 12.6. The minimum atomic E-state index is -0.799. The van der Waals surface area contributed by atoms with Crippen LogP contribution in [0.4, 0.5) is 0 Å². The highest BCUT2D eigenvalue weighted by molar-refractivity contribution is 7.98. The Morgan fingerprint density at radius 2 is 2.22 bits per heavy atom. The minimum Gasteiger partial charge on any atom is -0.460 e. The van der Waals surface area contributed by atoms with E-state index in [1.807, 2.05) is 17.5 Å². The molecule has 120 valence electrons. The first-order valence-corrected chi connectivity index (χ1v) is 9.20. The normalized spacial score (nSPS) is 20.3. The third-order valence-electron chi connectivity index (χ3n) is 3.46. The summed E-state index contributed by atoms with van der Waals surface area (Å²) in [6.07, 6.45) is -0.592. The smallest absolute Gasteiger partial charge is 0.347 e. The summed E-state index contributed by atoms with van der Waals surface area (Å²) >= 11 is 3.23. The standard InChI is InChI=1S/C17H16O4S2/c1-11-8-14(17(19)20-11)21-16(18)13-4-2-3-5-15(13)23-10-12-6-7-22-9-12/h2-7,9,11,14H,8,10H2,1H3/t11-,14-/m0/s1. The highest BCUT2D eigenvalue weighted by Crippen LogP contribution is 2.28. The number of cyclic esters (lactones) is 1.